The van der Waals surface area contributed by atoms with Crippen LogP contribution in [0.4, 0.5) is 11.4 Å². The molecule has 2 aromatic carbocycles. The van der Waals surface area contributed by atoms with Gasteiger partial charge in [0.1, 0.15) is 11.6 Å². The number of nitrogen functional groups attached to an aromatic ring is 2. The predicted molar refractivity (Wildman–Crippen MR) is 72.0 cm³/mol. The van der Waals surface area contributed by atoms with Crippen LogP contribution in [0.15, 0.2) is 36.4 Å². The highest BCUT2D eigenvalue weighted by atomic mass is 16.3. The second kappa shape index (κ2) is 3.66. The third-order valence-electron chi connectivity index (χ3n) is 2.81. The molecule has 1 heterocycles. The van der Waals surface area contributed by atoms with Gasteiger partial charge in [-0.2, -0.15) is 0 Å². The van der Waals surface area contributed by atoms with Crippen LogP contribution >= 0.6 is 0 Å². The van der Waals surface area contributed by atoms with Crippen LogP contribution in [0.3, 0.4) is 0 Å². The molecule has 0 atom stereocenters. The van der Waals surface area contributed by atoms with E-state index in [0.29, 0.717) is 16.9 Å². The molecule has 0 radical (unpaired) electrons. The van der Waals surface area contributed by atoms with Gasteiger partial charge in [0.2, 0.25) is 0 Å². The highest BCUT2D eigenvalue weighted by Gasteiger charge is 2.07. The second-order valence-electron chi connectivity index (χ2n) is 4.14. The minimum Gasteiger partial charge on any atom is -0.506 e. The van der Waals surface area contributed by atoms with Crippen LogP contribution in [-0.4, -0.2) is 15.1 Å². The van der Waals surface area contributed by atoms with E-state index in [-0.39, 0.29) is 5.75 Å². The molecule has 0 aliphatic carbocycles. The molecular formula is C13H12N4O. The van der Waals surface area contributed by atoms with Crippen LogP contribution in [0, 0.1) is 0 Å². The average Bonchev–Trinajstić information content (AvgIpc) is 2.73. The number of aromatic nitrogens is 2. The molecule has 0 unspecified atom stereocenters. The van der Waals surface area contributed by atoms with Gasteiger partial charge in [-0.15, -0.1) is 0 Å². The smallest absolute Gasteiger partial charge is 0.140 e. The first-order chi connectivity index (χ1) is 8.63. The first-order valence-corrected chi connectivity index (χ1v) is 5.47. The number of aromatic amines is 1. The zero-order valence-corrected chi connectivity index (χ0v) is 9.51. The Hall–Kier alpha value is -2.69. The number of phenolic OH excluding ortho intramolecular Hbond substituents is 1. The maximum atomic E-state index is 9.54. The topological polar surface area (TPSA) is 101 Å². The summed E-state index contributed by atoms with van der Waals surface area (Å²) in [5.74, 6) is 0.757. The first kappa shape index (κ1) is 10.5. The van der Waals surface area contributed by atoms with Crippen molar-refractivity contribution in [1.29, 1.82) is 0 Å². The maximum absolute atomic E-state index is 9.54. The van der Waals surface area contributed by atoms with E-state index in [1.54, 1.807) is 12.1 Å². The summed E-state index contributed by atoms with van der Waals surface area (Å²) >= 11 is 0. The van der Waals surface area contributed by atoms with Crippen molar-refractivity contribution in [3.63, 3.8) is 0 Å². The van der Waals surface area contributed by atoms with Crippen molar-refractivity contribution in [1.82, 2.24) is 9.97 Å². The normalized spacial score (nSPS) is 10.9. The lowest BCUT2D eigenvalue weighted by Crippen LogP contribution is -1.85. The van der Waals surface area contributed by atoms with Crippen molar-refractivity contribution in [3.05, 3.63) is 36.4 Å². The number of H-pyrrole nitrogens is 1. The number of anilines is 2. The van der Waals surface area contributed by atoms with Gasteiger partial charge in [0.15, 0.2) is 0 Å². The fraction of sp³-hybridized carbons (Fsp3) is 0. The third kappa shape index (κ3) is 1.62. The molecule has 3 rings (SSSR count). The maximum Gasteiger partial charge on any atom is 0.140 e. The molecule has 0 saturated heterocycles. The van der Waals surface area contributed by atoms with Crippen molar-refractivity contribution in [3.8, 4) is 17.1 Å². The molecule has 5 heteroatoms. The van der Waals surface area contributed by atoms with Crippen LogP contribution in [0.2, 0.25) is 0 Å². The number of rotatable bonds is 1. The monoisotopic (exact) mass is 240 g/mol. The van der Waals surface area contributed by atoms with Crippen LogP contribution in [-0.2, 0) is 0 Å². The molecule has 5 nitrogen and oxygen atoms in total. The number of fused-ring (bicyclic) bond motifs is 1. The summed E-state index contributed by atoms with van der Waals surface area (Å²) in [6, 6.07) is 10.6. The van der Waals surface area contributed by atoms with Crippen LogP contribution in [0.25, 0.3) is 22.4 Å². The molecule has 0 amide bonds. The van der Waals surface area contributed by atoms with Gasteiger partial charge in [-0.05, 0) is 30.3 Å². The highest BCUT2D eigenvalue weighted by molar-refractivity contribution is 5.85. The lowest BCUT2D eigenvalue weighted by atomic mass is 10.2. The zero-order valence-electron chi connectivity index (χ0n) is 9.51. The van der Waals surface area contributed by atoms with Gasteiger partial charge in [0.05, 0.1) is 16.7 Å². The number of phenols is 1. The fourth-order valence-corrected chi connectivity index (χ4v) is 1.84. The zero-order chi connectivity index (χ0) is 12.7. The number of benzene rings is 2. The summed E-state index contributed by atoms with van der Waals surface area (Å²) in [6.45, 7) is 0. The number of hydrogen-bond donors (Lipinski definition) is 4. The van der Waals surface area contributed by atoms with E-state index >= 15 is 0 Å². The van der Waals surface area contributed by atoms with Gasteiger partial charge in [-0.25, -0.2) is 4.98 Å². The van der Waals surface area contributed by atoms with Crippen molar-refractivity contribution >= 4 is 22.4 Å². The summed E-state index contributed by atoms with van der Waals surface area (Å²) < 4.78 is 0. The van der Waals surface area contributed by atoms with Crippen molar-refractivity contribution in [2.24, 2.45) is 0 Å². The van der Waals surface area contributed by atoms with E-state index in [4.69, 9.17) is 11.5 Å². The van der Waals surface area contributed by atoms with Gasteiger partial charge in [-0.1, -0.05) is 0 Å². The highest BCUT2D eigenvalue weighted by Crippen LogP contribution is 2.28. The van der Waals surface area contributed by atoms with Crippen molar-refractivity contribution in [2.45, 2.75) is 0 Å². The van der Waals surface area contributed by atoms with E-state index in [0.717, 1.165) is 16.9 Å². The average molecular weight is 240 g/mol. The molecule has 3 aromatic rings. The summed E-state index contributed by atoms with van der Waals surface area (Å²) in [4.78, 5) is 7.56. The molecule has 0 fully saturated rings. The Bertz CT molecular complexity index is 677. The van der Waals surface area contributed by atoms with Gasteiger partial charge in [-0.3, -0.25) is 0 Å². The van der Waals surface area contributed by atoms with Crippen molar-refractivity contribution in [2.75, 3.05) is 11.5 Å². The van der Waals surface area contributed by atoms with Gasteiger partial charge >= 0.3 is 0 Å². The Balaban J connectivity index is 2.16. The number of imidazole rings is 1. The Morgan fingerprint density at radius 1 is 1.06 bits per heavy atom. The van der Waals surface area contributed by atoms with Crippen LogP contribution < -0.4 is 11.5 Å². The Morgan fingerprint density at radius 3 is 2.50 bits per heavy atom. The fourth-order valence-electron chi connectivity index (χ4n) is 1.84. The molecule has 90 valence electrons. The Morgan fingerprint density at radius 2 is 1.78 bits per heavy atom. The third-order valence-corrected chi connectivity index (χ3v) is 2.81. The molecule has 0 saturated carbocycles. The number of aromatic hydroxyl groups is 1. The first-order valence-electron chi connectivity index (χ1n) is 5.47. The van der Waals surface area contributed by atoms with E-state index in [1.165, 1.54) is 0 Å². The van der Waals surface area contributed by atoms with E-state index in [1.807, 2.05) is 24.3 Å². The summed E-state index contributed by atoms with van der Waals surface area (Å²) in [7, 11) is 0. The Kier molecular flexibility index (Phi) is 2.13. The Labute approximate surface area is 103 Å². The quantitative estimate of drug-likeness (QED) is 0.386. The minimum absolute atomic E-state index is 0.0397. The number of nitrogens with two attached hydrogens (primary N) is 2. The lowest BCUT2D eigenvalue weighted by Gasteiger charge is -1.96. The van der Waals surface area contributed by atoms with Gasteiger partial charge in [0, 0.05) is 17.3 Å². The molecule has 6 N–H and O–H groups in total. The molecule has 0 spiro atoms. The number of hydrogen-bond acceptors (Lipinski definition) is 4. The van der Waals surface area contributed by atoms with Gasteiger partial charge in [0.25, 0.3) is 0 Å². The number of nitrogens with one attached hydrogen (secondary N) is 1. The SMILES string of the molecule is Nc1ccc(-c2nc3cc(O)c(N)cc3[nH]2)cc1. The second-order valence-corrected chi connectivity index (χ2v) is 4.14. The molecule has 0 aliphatic heterocycles. The van der Waals surface area contributed by atoms with E-state index in [2.05, 4.69) is 9.97 Å². The summed E-state index contributed by atoms with van der Waals surface area (Å²) in [5.41, 5.74) is 14.7. The van der Waals surface area contributed by atoms with Crippen molar-refractivity contribution < 1.29 is 5.11 Å². The molecular weight excluding hydrogens is 228 g/mol. The lowest BCUT2D eigenvalue weighted by molar-refractivity contribution is 0.478. The van der Waals surface area contributed by atoms with Gasteiger partial charge < -0.3 is 21.6 Å². The standard InChI is InChI=1S/C13H12N4O/c14-8-3-1-7(2-4-8)13-16-10-5-9(15)12(18)6-11(10)17-13/h1-6,18H,14-15H2,(H,16,17). The largest absolute Gasteiger partial charge is 0.506 e. The summed E-state index contributed by atoms with van der Waals surface area (Å²) in [5, 5.41) is 9.54. The number of nitrogens with zero attached hydrogens (tertiary/aromatic N) is 1. The molecule has 0 bridgehead atoms. The summed E-state index contributed by atoms with van der Waals surface area (Å²) in [6.07, 6.45) is 0. The molecule has 1 aromatic heterocycles. The molecule has 18 heavy (non-hydrogen) atoms. The van der Waals surface area contributed by atoms with Crippen LogP contribution in [0.5, 0.6) is 5.75 Å². The molecule has 0 aliphatic rings. The van der Waals surface area contributed by atoms with E-state index in [9.17, 15) is 5.11 Å². The van der Waals surface area contributed by atoms with Crippen LogP contribution in [0.1, 0.15) is 0 Å². The predicted octanol–water partition coefficient (Wildman–Crippen LogP) is 2.10. The minimum atomic E-state index is 0.0397. The van der Waals surface area contributed by atoms with E-state index < -0.39 is 0 Å².